The zero-order valence-electron chi connectivity index (χ0n) is 10.3. The first-order valence-corrected chi connectivity index (χ1v) is 7.37. The minimum absolute atomic E-state index is 0.0521. The first-order chi connectivity index (χ1) is 8.58. The molecule has 4 nitrogen and oxygen atoms in total. The highest BCUT2D eigenvalue weighted by molar-refractivity contribution is 7.89. The molecule has 1 heterocycles. The molecule has 0 aromatic carbocycles. The van der Waals surface area contributed by atoms with Gasteiger partial charge < -0.3 is 4.98 Å². The fourth-order valence-corrected chi connectivity index (χ4v) is 3.30. The number of nitrogens with one attached hydrogen (secondary N) is 1. The molecule has 0 radical (unpaired) electrons. The van der Waals surface area contributed by atoms with Gasteiger partial charge in [-0.1, -0.05) is 0 Å². The lowest BCUT2D eigenvalue weighted by Crippen LogP contribution is -2.43. The SMILES string of the molecule is CC(C)N(CC(F)(F)F)S(=O)(=O)c1c[nH]c(CCl)c1. The zero-order chi connectivity index (χ0) is 14.8. The molecule has 0 aliphatic heterocycles. The number of hydrogen-bond donors (Lipinski definition) is 1. The second-order valence-corrected chi connectivity index (χ2v) is 6.41. The Labute approximate surface area is 114 Å². The van der Waals surface area contributed by atoms with E-state index in [-0.39, 0.29) is 10.8 Å². The number of rotatable bonds is 5. The molecule has 1 aromatic rings. The summed E-state index contributed by atoms with van der Waals surface area (Å²) in [5.41, 5.74) is 0.427. The van der Waals surface area contributed by atoms with Crippen molar-refractivity contribution >= 4 is 21.6 Å². The van der Waals surface area contributed by atoms with Crippen LogP contribution >= 0.6 is 11.6 Å². The van der Waals surface area contributed by atoms with Gasteiger partial charge in [0.15, 0.2) is 0 Å². The quantitative estimate of drug-likeness (QED) is 0.849. The summed E-state index contributed by atoms with van der Waals surface area (Å²) in [6, 6.07) is 0.426. The molecule has 1 N–H and O–H groups in total. The molecule has 9 heteroatoms. The van der Waals surface area contributed by atoms with E-state index in [9.17, 15) is 21.6 Å². The summed E-state index contributed by atoms with van der Waals surface area (Å²) < 4.78 is 62.0. The Morgan fingerprint density at radius 3 is 2.37 bits per heavy atom. The summed E-state index contributed by atoms with van der Waals surface area (Å²) >= 11 is 5.52. The molecule has 0 bridgehead atoms. The smallest absolute Gasteiger partial charge is 0.363 e. The Morgan fingerprint density at radius 1 is 1.42 bits per heavy atom. The van der Waals surface area contributed by atoms with Crippen molar-refractivity contribution in [3.63, 3.8) is 0 Å². The maximum Gasteiger partial charge on any atom is 0.402 e. The van der Waals surface area contributed by atoms with E-state index in [0.29, 0.717) is 10.00 Å². The van der Waals surface area contributed by atoms with Crippen LogP contribution in [0.5, 0.6) is 0 Å². The van der Waals surface area contributed by atoms with Crippen molar-refractivity contribution in [1.29, 1.82) is 0 Å². The number of aromatic amines is 1. The second kappa shape index (κ2) is 5.72. The molecule has 0 aliphatic carbocycles. The number of hydrogen-bond acceptors (Lipinski definition) is 2. The number of H-pyrrole nitrogens is 1. The molecular formula is C10H14ClF3N2O2S. The molecule has 0 saturated carbocycles. The molecule has 0 aliphatic rings. The van der Waals surface area contributed by atoms with E-state index in [1.165, 1.54) is 19.9 Å². The fourth-order valence-electron chi connectivity index (χ4n) is 1.50. The zero-order valence-corrected chi connectivity index (χ0v) is 11.9. The van der Waals surface area contributed by atoms with Crippen LogP contribution < -0.4 is 0 Å². The van der Waals surface area contributed by atoms with Crippen LogP contribution in [0.1, 0.15) is 19.5 Å². The van der Waals surface area contributed by atoms with Gasteiger partial charge in [-0.05, 0) is 19.9 Å². The van der Waals surface area contributed by atoms with Crippen LogP contribution in [0.25, 0.3) is 0 Å². The average molecular weight is 319 g/mol. The van der Waals surface area contributed by atoms with E-state index in [0.717, 1.165) is 6.20 Å². The van der Waals surface area contributed by atoms with Crippen LogP contribution in [0.4, 0.5) is 13.2 Å². The summed E-state index contributed by atoms with van der Waals surface area (Å²) in [5.74, 6) is 0.0521. The standard InChI is InChI=1S/C10H14ClF3N2O2S/c1-7(2)16(6-10(12,13)14)19(17,18)9-3-8(4-11)15-5-9/h3,5,7,15H,4,6H2,1-2H3. The van der Waals surface area contributed by atoms with Crippen molar-refractivity contribution in [3.8, 4) is 0 Å². The van der Waals surface area contributed by atoms with Crippen LogP contribution in [0.2, 0.25) is 0 Å². The molecule has 0 spiro atoms. The van der Waals surface area contributed by atoms with E-state index in [1.54, 1.807) is 0 Å². The van der Waals surface area contributed by atoms with Gasteiger partial charge in [-0.25, -0.2) is 8.42 Å². The van der Waals surface area contributed by atoms with E-state index in [2.05, 4.69) is 4.98 Å². The maximum absolute atomic E-state index is 12.4. The number of alkyl halides is 4. The molecule has 0 unspecified atom stereocenters. The summed E-state index contributed by atoms with van der Waals surface area (Å²) in [6.45, 7) is 1.26. The molecule has 19 heavy (non-hydrogen) atoms. The molecular weight excluding hydrogens is 305 g/mol. The van der Waals surface area contributed by atoms with E-state index in [1.807, 2.05) is 0 Å². The predicted molar refractivity (Wildman–Crippen MR) is 65.4 cm³/mol. The van der Waals surface area contributed by atoms with Gasteiger partial charge in [0.25, 0.3) is 0 Å². The summed E-state index contributed by atoms with van der Waals surface area (Å²) in [6.07, 6.45) is -3.46. The van der Waals surface area contributed by atoms with Crippen LogP contribution in [0.15, 0.2) is 17.2 Å². The third-order valence-corrected chi connectivity index (χ3v) is 4.67. The predicted octanol–water partition coefficient (Wildman–Crippen LogP) is 2.71. The normalized spacial score (nSPS) is 13.5. The van der Waals surface area contributed by atoms with Crippen molar-refractivity contribution in [2.24, 2.45) is 0 Å². The largest absolute Gasteiger partial charge is 0.402 e. The number of aromatic nitrogens is 1. The van der Waals surface area contributed by atoms with Gasteiger partial charge in [-0.2, -0.15) is 17.5 Å². The lowest BCUT2D eigenvalue weighted by molar-refractivity contribution is -0.138. The Balaban J connectivity index is 3.13. The first kappa shape index (κ1) is 16.3. The van der Waals surface area contributed by atoms with Crippen LogP contribution in [-0.2, 0) is 15.9 Å². The third-order valence-electron chi connectivity index (χ3n) is 2.38. The molecule has 0 atom stereocenters. The molecule has 1 rings (SSSR count). The van der Waals surface area contributed by atoms with Gasteiger partial charge in [-0.3, -0.25) is 0 Å². The van der Waals surface area contributed by atoms with Gasteiger partial charge >= 0.3 is 6.18 Å². The molecule has 0 fully saturated rings. The third kappa shape index (κ3) is 4.12. The van der Waals surface area contributed by atoms with Gasteiger partial charge in [0.2, 0.25) is 10.0 Å². The summed E-state index contributed by atoms with van der Waals surface area (Å²) in [7, 11) is -4.20. The van der Waals surface area contributed by atoms with E-state index >= 15 is 0 Å². The van der Waals surface area contributed by atoms with Crippen LogP contribution in [-0.4, -0.2) is 36.5 Å². The maximum atomic E-state index is 12.4. The van der Waals surface area contributed by atoms with Gasteiger partial charge in [0.05, 0.1) is 10.8 Å². The second-order valence-electron chi connectivity index (χ2n) is 4.25. The Morgan fingerprint density at radius 2 is 2.00 bits per heavy atom. The lowest BCUT2D eigenvalue weighted by Gasteiger charge is -2.26. The summed E-state index contributed by atoms with van der Waals surface area (Å²) in [4.78, 5) is 2.38. The average Bonchev–Trinajstić information content (AvgIpc) is 2.73. The summed E-state index contributed by atoms with van der Waals surface area (Å²) in [5, 5.41) is 0. The van der Waals surface area contributed by atoms with Crippen molar-refractivity contribution in [2.45, 2.75) is 36.8 Å². The van der Waals surface area contributed by atoms with Crippen LogP contribution in [0, 0.1) is 0 Å². The number of nitrogens with zero attached hydrogens (tertiary/aromatic N) is 1. The molecule has 0 saturated heterocycles. The molecule has 1 aromatic heterocycles. The highest BCUT2D eigenvalue weighted by Crippen LogP contribution is 2.25. The highest BCUT2D eigenvalue weighted by atomic mass is 35.5. The van der Waals surface area contributed by atoms with Gasteiger partial charge in [-0.15, -0.1) is 11.6 Å². The van der Waals surface area contributed by atoms with Gasteiger partial charge in [0.1, 0.15) is 6.54 Å². The Bertz CT molecular complexity index is 525. The minimum atomic E-state index is -4.59. The minimum Gasteiger partial charge on any atom is -0.363 e. The van der Waals surface area contributed by atoms with Crippen molar-refractivity contribution < 1.29 is 21.6 Å². The fraction of sp³-hybridized carbons (Fsp3) is 0.600. The van der Waals surface area contributed by atoms with E-state index in [4.69, 9.17) is 11.6 Å². The number of sulfonamides is 1. The van der Waals surface area contributed by atoms with Crippen molar-refractivity contribution in [2.75, 3.05) is 6.54 Å². The first-order valence-electron chi connectivity index (χ1n) is 5.40. The molecule has 0 amide bonds. The van der Waals surface area contributed by atoms with E-state index < -0.39 is 28.8 Å². The Kier molecular flexibility index (Phi) is 4.91. The van der Waals surface area contributed by atoms with Crippen molar-refractivity contribution in [1.82, 2.24) is 9.29 Å². The van der Waals surface area contributed by atoms with Crippen molar-refractivity contribution in [3.05, 3.63) is 18.0 Å². The Hall–Kier alpha value is -0.730. The molecule has 110 valence electrons. The number of halogens is 4. The monoisotopic (exact) mass is 318 g/mol. The van der Waals surface area contributed by atoms with Crippen LogP contribution in [0.3, 0.4) is 0 Å². The topological polar surface area (TPSA) is 53.2 Å². The van der Waals surface area contributed by atoms with Gasteiger partial charge in [0, 0.05) is 17.9 Å². The highest BCUT2D eigenvalue weighted by Gasteiger charge is 2.38. The lowest BCUT2D eigenvalue weighted by atomic mass is 10.4.